The maximum atomic E-state index is 10.0. The molecule has 0 spiro atoms. The number of hydrogen-bond donors (Lipinski definition) is 4. The Hall–Kier alpha value is -1.71. The lowest BCUT2D eigenvalue weighted by Crippen LogP contribution is -2.38. The van der Waals surface area contributed by atoms with Crippen molar-refractivity contribution in [3.05, 3.63) is 0 Å². The molecule has 9 nitrogen and oxygen atoms in total. The molecule has 21 heavy (non-hydrogen) atoms. The first-order chi connectivity index (χ1) is 10.0. The number of hydrazine groups is 1. The summed E-state index contributed by atoms with van der Waals surface area (Å²) in [6.45, 7) is 6.75. The highest BCUT2D eigenvalue weighted by Gasteiger charge is 2.20. The first kappa shape index (κ1) is 15.7. The van der Waals surface area contributed by atoms with Crippen LogP contribution in [0.2, 0.25) is 0 Å². The molecule has 1 aliphatic rings. The Kier molecular flexibility index (Phi) is 5.10. The van der Waals surface area contributed by atoms with E-state index < -0.39 is 5.60 Å². The molecule has 118 valence electrons. The first-order valence-electron chi connectivity index (χ1n) is 7.06. The Morgan fingerprint density at radius 1 is 1.29 bits per heavy atom. The SMILES string of the molecule is CCC(C)(O)CNc1nc(NN)nc(N2CCOCC2)n1. The van der Waals surface area contributed by atoms with E-state index in [1.165, 1.54) is 0 Å². The minimum Gasteiger partial charge on any atom is -0.388 e. The average Bonchev–Trinajstić information content (AvgIpc) is 2.53. The number of aliphatic hydroxyl groups is 1. The zero-order valence-corrected chi connectivity index (χ0v) is 12.5. The molecule has 1 aromatic heterocycles. The lowest BCUT2D eigenvalue weighted by atomic mass is 10.0. The van der Waals surface area contributed by atoms with Crippen LogP contribution in [0.5, 0.6) is 0 Å². The molecule has 0 amide bonds. The van der Waals surface area contributed by atoms with Crippen molar-refractivity contribution in [1.82, 2.24) is 15.0 Å². The smallest absolute Gasteiger partial charge is 0.243 e. The van der Waals surface area contributed by atoms with Crippen LogP contribution in [0.1, 0.15) is 20.3 Å². The average molecular weight is 297 g/mol. The Bertz CT molecular complexity index is 463. The van der Waals surface area contributed by atoms with E-state index in [4.69, 9.17) is 10.6 Å². The standard InChI is InChI=1S/C12H23N7O2/c1-3-12(2,20)8-14-9-15-10(18-13)17-11(16-9)19-4-6-21-7-5-19/h20H,3-8,13H2,1-2H3,(H2,14,15,16,17,18). The summed E-state index contributed by atoms with van der Waals surface area (Å²) in [5.74, 6) is 6.61. The highest BCUT2D eigenvalue weighted by Crippen LogP contribution is 2.16. The molecule has 1 unspecified atom stereocenters. The molecule has 0 saturated carbocycles. The molecule has 1 saturated heterocycles. The lowest BCUT2D eigenvalue weighted by molar-refractivity contribution is 0.0695. The van der Waals surface area contributed by atoms with Gasteiger partial charge in [0.25, 0.3) is 0 Å². The van der Waals surface area contributed by atoms with E-state index in [1.54, 1.807) is 6.92 Å². The van der Waals surface area contributed by atoms with Crippen molar-refractivity contribution in [3.63, 3.8) is 0 Å². The summed E-state index contributed by atoms with van der Waals surface area (Å²) in [6, 6.07) is 0. The normalized spacial score (nSPS) is 18.2. The summed E-state index contributed by atoms with van der Waals surface area (Å²) < 4.78 is 5.31. The fourth-order valence-electron chi connectivity index (χ4n) is 1.81. The first-order valence-corrected chi connectivity index (χ1v) is 7.06. The number of hydrogen-bond acceptors (Lipinski definition) is 9. The van der Waals surface area contributed by atoms with Crippen LogP contribution in [-0.4, -0.2) is 58.5 Å². The van der Waals surface area contributed by atoms with Crippen LogP contribution in [0.4, 0.5) is 17.8 Å². The molecule has 0 aromatic carbocycles. The van der Waals surface area contributed by atoms with E-state index in [9.17, 15) is 5.11 Å². The molecule has 1 aromatic rings. The monoisotopic (exact) mass is 297 g/mol. The molecule has 1 aliphatic heterocycles. The number of morpholine rings is 1. The third-order valence-electron chi connectivity index (χ3n) is 3.44. The second-order valence-electron chi connectivity index (χ2n) is 5.23. The molecular formula is C12H23N7O2. The van der Waals surface area contributed by atoms with Crippen LogP contribution in [0, 0.1) is 0 Å². The topological polar surface area (TPSA) is 121 Å². The van der Waals surface area contributed by atoms with Gasteiger partial charge in [-0.25, -0.2) is 5.84 Å². The maximum absolute atomic E-state index is 10.0. The molecule has 0 bridgehead atoms. The van der Waals surface area contributed by atoms with Crippen molar-refractivity contribution in [2.24, 2.45) is 5.84 Å². The van der Waals surface area contributed by atoms with Gasteiger partial charge in [0.2, 0.25) is 17.8 Å². The van der Waals surface area contributed by atoms with Gasteiger partial charge in [-0.2, -0.15) is 15.0 Å². The van der Waals surface area contributed by atoms with Gasteiger partial charge in [0.15, 0.2) is 0 Å². The predicted molar refractivity (Wildman–Crippen MR) is 80.1 cm³/mol. The number of nitrogens with zero attached hydrogens (tertiary/aromatic N) is 4. The van der Waals surface area contributed by atoms with E-state index in [-0.39, 0.29) is 5.95 Å². The third-order valence-corrected chi connectivity index (χ3v) is 3.44. The summed E-state index contributed by atoms with van der Waals surface area (Å²) in [6.07, 6.45) is 0.628. The number of rotatable bonds is 6. The molecule has 1 atom stereocenters. The second-order valence-corrected chi connectivity index (χ2v) is 5.23. The number of aromatic nitrogens is 3. The van der Waals surface area contributed by atoms with E-state index in [1.807, 2.05) is 11.8 Å². The number of anilines is 3. The quantitative estimate of drug-likeness (QED) is 0.409. The van der Waals surface area contributed by atoms with E-state index in [2.05, 4.69) is 25.7 Å². The zero-order chi connectivity index (χ0) is 15.3. The van der Waals surface area contributed by atoms with Crippen molar-refractivity contribution < 1.29 is 9.84 Å². The molecule has 0 aliphatic carbocycles. The van der Waals surface area contributed by atoms with Gasteiger partial charge in [-0.05, 0) is 13.3 Å². The summed E-state index contributed by atoms with van der Waals surface area (Å²) in [7, 11) is 0. The van der Waals surface area contributed by atoms with E-state index in [0.29, 0.717) is 38.1 Å². The van der Waals surface area contributed by atoms with E-state index in [0.717, 1.165) is 13.1 Å². The summed E-state index contributed by atoms with van der Waals surface area (Å²) in [5, 5.41) is 13.1. The van der Waals surface area contributed by atoms with Gasteiger partial charge < -0.3 is 20.1 Å². The van der Waals surface area contributed by atoms with Crippen molar-refractivity contribution in [2.45, 2.75) is 25.9 Å². The van der Waals surface area contributed by atoms with Gasteiger partial charge >= 0.3 is 0 Å². The Labute approximate surface area is 123 Å². The van der Waals surface area contributed by atoms with Crippen molar-refractivity contribution in [3.8, 4) is 0 Å². The minimum atomic E-state index is -0.817. The van der Waals surface area contributed by atoms with Gasteiger partial charge in [-0.1, -0.05) is 6.92 Å². The Morgan fingerprint density at radius 2 is 1.95 bits per heavy atom. The molecule has 2 heterocycles. The molecular weight excluding hydrogens is 274 g/mol. The highest BCUT2D eigenvalue weighted by molar-refractivity contribution is 5.43. The van der Waals surface area contributed by atoms with Crippen molar-refractivity contribution >= 4 is 17.8 Å². The largest absolute Gasteiger partial charge is 0.388 e. The van der Waals surface area contributed by atoms with Gasteiger partial charge in [0.05, 0.1) is 18.8 Å². The fraction of sp³-hybridized carbons (Fsp3) is 0.750. The Balaban J connectivity index is 2.13. The molecule has 2 rings (SSSR count). The minimum absolute atomic E-state index is 0.283. The fourth-order valence-corrected chi connectivity index (χ4v) is 1.81. The van der Waals surface area contributed by atoms with Crippen molar-refractivity contribution in [1.29, 1.82) is 0 Å². The van der Waals surface area contributed by atoms with Crippen LogP contribution in [-0.2, 0) is 4.74 Å². The molecule has 5 N–H and O–H groups in total. The number of nitrogen functional groups attached to an aromatic ring is 1. The number of nitrogens with one attached hydrogen (secondary N) is 2. The number of nitrogens with two attached hydrogens (primary N) is 1. The predicted octanol–water partition coefficient (Wildman–Crippen LogP) is -0.433. The van der Waals surface area contributed by atoms with Crippen LogP contribution in [0.3, 0.4) is 0 Å². The lowest BCUT2D eigenvalue weighted by Gasteiger charge is -2.27. The van der Waals surface area contributed by atoms with E-state index >= 15 is 0 Å². The van der Waals surface area contributed by atoms with Crippen LogP contribution >= 0.6 is 0 Å². The van der Waals surface area contributed by atoms with Crippen molar-refractivity contribution in [2.75, 3.05) is 48.5 Å². The summed E-state index contributed by atoms with van der Waals surface area (Å²) >= 11 is 0. The summed E-state index contributed by atoms with van der Waals surface area (Å²) in [4.78, 5) is 14.8. The summed E-state index contributed by atoms with van der Waals surface area (Å²) in [5.41, 5.74) is 1.62. The van der Waals surface area contributed by atoms with Crippen LogP contribution in [0.25, 0.3) is 0 Å². The maximum Gasteiger partial charge on any atom is 0.243 e. The number of ether oxygens (including phenoxy) is 1. The second kappa shape index (κ2) is 6.83. The van der Waals surface area contributed by atoms with Gasteiger partial charge in [0.1, 0.15) is 0 Å². The van der Waals surface area contributed by atoms with Crippen LogP contribution < -0.4 is 21.5 Å². The molecule has 9 heteroatoms. The van der Waals surface area contributed by atoms with Gasteiger partial charge in [0, 0.05) is 19.6 Å². The molecule has 0 radical (unpaired) electrons. The zero-order valence-electron chi connectivity index (χ0n) is 12.5. The van der Waals surface area contributed by atoms with Crippen LogP contribution in [0.15, 0.2) is 0 Å². The van der Waals surface area contributed by atoms with Gasteiger partial charge in [-0.15, -0.1) is 0 Å². The van der Waals surface area contributed by atoms with Gasteiger partial charge in [-0.3, -0.25) is 5.43 Å². The Morgan fingerprint density at radius 3 is 2.57 bits per heavy atom. The highest BCUT2D eigenvalue weighted by atomic mass is 16.5. The molecule has 1 fully saturated rings. The third kappa shape index (κ3) is 4.38.